The molecular formula is C15H23FN3O3+. The molecule has 0 aliphatic heterocycles. The van der Waals surface area contributed by atoms with E-state index in [1.807, 2.05) is 6.92 Å². The van der Waals surface area contributed by atoms with Crippen LogP contribution in [0.1, 0.15) is 19.4 Å². The SMILES string of the molecule is CC[NH+](Cc1ccc(OC)c(F)c1)[C@H](C)C(=O)NC(=O)NC. The molecule has 0 fully saturated rings. The molecule has 0 bridgehead atoms. The van der Waals surface area contributed by atoms with Crippen molar-refractivity contribution in [2.24, 2.45) is 0 Å². The summed E-state index contributed by atoms with van der Waals surface area (Å²) in [6, 6.07) is 3.75. The second-order valence-electron chi connectivity index (χ2n) is 4.95. The minimum Gasteiger partial charge on any atom is -0.494 e. The summed E-state index contributed by atoms with van der Waals surface area (Å²) in [4.78, 5) is 24.1. The Balaban J connectivity index is 2.77. The number of methoxy groups -OCH3 is 1. The second kappa shape index (κ2) is 8.33. The number of ether oxygens (including phenoxy) is 1. The maximum absolute atomic E-state index is 13.7. The van der Waals surface area contributed by atoms with Gasteiger partial charge in [0.2, 0.25) is 0 Å². The number of amides is 3. The van der Waals surface area contributed by atoms with Gasteiger partial charge < -0.3 is 15.0 Å². The molecule has 3 amide bonds. The molecule has 1 aromatic rings. The molecule has 22 heavy (non-hydrogen) atoms. The summed E-state index contributed by atoms with van der Waals surface area (Å²) < 4.78 is 18.6. The van der Waals surface area contributed by atoms with Gasteiger partial charge in [0, 0.05) is 12.6 Å². The molecule has 6 nitrogen and oxygen atoms in total. The first-order chi connectivity index (χ1) is 10.4. The molecule has 1 aromatic carbocycles. The van der Waals surface area contributed by atoms with Crippen molar-refractivity contribution in [3.05, 3.63) is 29.6 Å². The maximum atomic E-state index is 13.7. The van der Waals surface area contributed by atoms with Crippen molar-refractivity contribution >= 4 is 11.9 Å². The smallest absolute Gasteiger partial charge is 0.321 e. The van der Waals surface area contributed by atoms with Gasteiger partial charge in [-0.1, -0.05) is 0 Å². The fourth-order valence-corrected chi connectivity index (χ4v) is 2.13. The minimum absolute atomic E-state index is 0.187. The number of halogens is 1. The van der Waals surface area contributed by atoms with E-state index in [9.17, 15) is 14.0 Å². The highest BCUT2D eigenvalue weighted by molar-refractivity contribution is 5.96. The van der Waals surface area contributed by atoms with Crippen LogP contribution in [0.3, 0.4) is 0 Å². The van der Waals surface area contributed by atoms with Gasteiger partial charge in [-0.25, -0.2) is 9.18 Å². The van der Waals surface area contributed by atoms with Gasteiger partial charge in [0.25, 0.3) is 5.91 Å². The Kier molecular flexibility index (Phi) is 6.78. The van der Waals surface area contributed by atoms with Gasteiger partial charge >= 0.3 is 6.03 Å². The average molecular weight is 312 g/mol. The molecule has 0 aliphatic rings. The number of hydrogen-bond acceptors (Lipinski definition) is 3. The largest absolute Gasteiger partial charge is 0.494 e. The number of likely N-dealkylation sites (N-methyl/N-ethyl adjacent to an activating group) is 1. The van der Waals surface area contributed by atoms with Crippen LogP contribution in [0.4, 0.5) is 9.18 Å². The van der Waals surface area contributed by atoms with E-state index in [1.165, 1.54) is 20.2 Å². The van der Waals surface area contributed by atoms with Crippen molar-refractivity contribution in [3.8, 4) is 5.75 Å². The van der Waals surface area contributed by atoms with E-state index in [1.54, 1.807) is 19.1 Å². The Labute approximate surface area is 129 Å². The lowest BCUT2D eigenvalue weighted by Gasteiger charge is -2.24. The van der Waals surface area contributed by atoms with Gasteiger partial charge in [-0.05, 0) is 32.0 Å². The monoisotopic (exact) mass is 312 g/mol. The lowest BCUT2D eigenvalue weighted by atomic mass is 10.1. The number of quaternary nitrogens is 1. The molecule has 0 radical (unpaired) electrons. The van der Waals surface area contributed by atoms with E-state index >= 15 is 0 Å². The standard InChI is InChI=1S/C15H22FN3O3/c1-5-19(10(2)14(20)18-15(21)17-3)9-11-6-7-13(22-4)12(16)8-11/h6-8,10H,5,9H2,1-4H3,(H2,17,18,20,21)/p+1/t10-/m1/s1. The number of imide groups is 1. The van der Waals surface area contributed by atoms with Crippen LogP contribution in [-0.4, -0.2) is 38.7 Å². The van der Waals surface area contributed by atoms with E-state index < -0.39 is 17.9 Å². The lowest BCUT2D eigenvalue weighted by Crippen LogP contribution is -3.15. The average Bonchev–Trinajstić information content (AvgIpc) is 2.51. The zero-order valence-electron chi connectivity index (χ0n) is 13.3. The number of rotatable bonds is 6. The predicted octanol–water partition coefficient (Wildman–Crippen LogP) is 0.0832. The second-order valence-corrected chi connectivity index (χ2v) is 4.95. The van der Waals surface area contributed by atoms with Crippen LogP contribution in [0.15, 0.2) is 18.2 Å². The first kappa shape index (κ1) is 17.9. The number of urea groups is 1. The summed E-state index contributed by atoms with van der Waals surface area (Å²) in [6.45, 7) is 4.80. The van der Waals surface area contributed by atoms with E-state index in [-0.39, 0.29) is 11.7 Å². The molecule has 1 unspecified atom stereocenters. The van der Waals surface area contributed by atoms with Crippen LogP contribution in [0.25, 0.3) is 0 Å². The summed E-state index contributed by atoms with van der Waals surface area (Å²) >= 11 is 0. The van der Waals surface area contributed by atoms with Gasteiger partial charge in [0.1, 0.15) is 6.54 Å². The Morgan fingerprint density at radius 2 is 2.09 bits per heavy atom. The molecule has 0 saturated heterocycles. The highest BCUT2D eigenvalue weighted by Crippen LogP contribution is 2.17. The third-order valence-electron chi connectivity index (χ3n) is 3.57. The summed E-state index contributed by atoms with van der Waals surface area (Å²) in [5.41, 5.74) is 0.759. The third-order valence-corrected chi connectivity index (χ3v) is 3.57. The third kappa shape index (κ3) is 4.70. The number of carbonyl (C=O) groups excluding carboxylic acids is 2. The molecule has 0 saturated carbocycles. The van der Waals surface area contributed by atoms with E-state index in [0.717, 1.165) is 10.5 Å². The highest BCUT2D eigenvalue weighted by atomic mass is 19.1. The van der Waals surface area contributed by atoms with Crippen molar-refractivity contribution in [2.45, 2.75) is 26.4 Å². The topological polar surface area (TPSA) is 71.9 Å². The van der Waals surface area contributed by atoms with Gasteiger partial charge in [0.05, 0.1) is 13.7 Å². The fraction of sp³-hybridized carbons (Fsp3) is 0.467. The van der Waals surface area contributed by atoms with E-state index in [0.29, 0.717) is 13.1 Å². The van der Waals surface area contributed by atoms with Gasteiger partial charge in [-0.3, -0.25) is 10.1 Å². The Morgan fingerprint density at radius 1 is 1.41 bits per heavy atom. The molecule has 3 N–H and O–H groups in total. The first-order valence-electron chi connectivity index (χ1n) is 7.12. The molecule has 0 aliphatic carbocycles. The number of benzene rings is 1. The van der Waals surface area contributed by atoms with Crippen LogP contribution in [0.5, 0.6) is 5.75 Å². The summed E-state index contributed by atoms with van der Waals surface area (Å²) in [5.74, 6) is -0.615. The number of carbonyl (C=O) groups is 2. The lowest BCUT2D eigenvalue weighted by molar-refractivity contribution is -0.926. The van der Waals surface area contributed by atoms with E-state index in [4.69, 9.17) is 4.74 Å². The maximum Gasteiger partial charge on any atom is 0.321 e. The molecular weight excluding hydrogens is 289 g/mol. The van der Waals surface area contributed by atoms with Gasteiger partial charge in [-0.2, -0.15) is 0 Å². The zero-order chi connectivity index (χ0) is 16.7. The van der Waals surface area contributed by atoms with Crippen LogP contribution in [0.2, 0.25) is 0 Å². The number of hydrogen-bond donors (Lipinski definition) is 3. The molecule has 0 spiro atoms. The van der Waals surface area contributed by atoms with E-state index in [2.05, 4.69) is 10.6 Å². The molecule has 0 aromatic heterocycles. The predicted molar refractivity (Wildman–Crippen MR) is 80.2 cm³/mol. The molecule has 7 heteroatoms. The van der Waals surface area contributed by atoms with Gasteiger partial charge in [0.15, 0.2) is 17.6 Å². The molecule has 122 valence electrons. The molecule has 1 rings (SSSR count). The van der Waals surface area contributed by atoms with Crippen LogP contribution < -0.4 is 20.3 Å². The van der Waals surface area contributed by atoms with Crippen LogP contribution in [0, 0.1) is 5.82 Å². The quantitative estimate of drug-likeness (QED) is 0.697. The van der Waals surface area contributed by atoms with Crippen molar-refractivity contribution in [2.75, 3.05) is 20.7 Å². The van der Waals surface area contributed by atoms with Crippen molar-refractivity contribution in [3.63, 3.8) is 0 Å². The van der Waals surface area contributed by atoms with Crippen LogP contribution >= 0.6 is 0 Å². The van der Waals surface area contributed by atoms with Crippen molar-refractivity contribution < 1.29 is 23.6 Å². The first-order valence-corrected chi connectivity index (χ1v) is 7.12. The summed E-state index contributed by atoms with van der Waals surface area (Å²) in [7, 11) is 2.85. The van der Waals surface area contributed by atoms with Crippen molar-refractivity contribution in [1.29, 1.82) is 0 Å². The highest BCUT2D eigenvalue weighted by Gasteiger charge is 2.25. The van der Waals surface area contributed by atoms with Crippen LogP contribution in [-0.2, 0) is 11.3 Å². The normalized spacial score (nSPS) is 13.1. The molecule has 2 atom stereocenters. The Morgan fingerprint density at radius 3 is 2.59 bits per heavy atom. The summed E-state index contributed by atoms with van der Waals surface area (Å²) in [5, 5.41) is 4.59. The fourth-order valence-electron chi connectivity index (χ4n) is 2.13. The van der Waals surface area contributed by atoms with Gasteiger partial charge in [-0.15, -0.1) is 0 Å². The number of nitrogens with one attached hydrogen (secondary N) is 3. The molecule has 0 heterocycles. The zero-order valence-corrected chi connectivity index (χ0v) is 13.3. The Hall–Kier alpha value is -2.15. The summed E-state index contributed by atoms with van der Waals surface area (Å²) in [6.07, 6.45) is 0. The van der Waals surface area contributed by atoms with Crippen molar-refractivity contribution in [1.82, 2.24) is 10.6 Å². The Bertz CT molecular complexity index is 537. The minimum atomic E-state index is -0.539.